The van der Waals surface area contributed by atoms with E-state index in [1.807, 2.05) is 49.1 Å². The van der Waals surface area contributed by atoms with Gasteiger partial charge in [-0.05, 0) is 176 Å². The van der Waals surface area contributed by atoms with E-state index in [1.54, 1.807) is 0 Å². The lowest BCUT2D eigenvalue weighted by atomic mass is 9.95. The minimum atomic E-state index is 0.895. The summed E-state index contributed by atoms with van der Waals surface area (Å²) in [6.45, 7) is 0. The van der Waals surface area contributed by atoms with Crippen LogP contribution in [-0.4, -0.2) is 39.9 Å². The number of hydrogen-bond donors (Lipinski definition) is 0. The minimum Gasteiger partial charge on any atom is -0.254 e. The van der Waals surface area contributed by atoms with Crippen LogP contribution < -0.4 is 0 Å². The predicted molar refractivity (Wildman–Crippen MR) is 380 cm³/mol. The second kappa shape index (κ2) is 21.7. The maximum absolute atomic E-state index is 5.15. The summed E-state index contributed by atoms with van der Waals surface area (Å²) < 4.78 is 0. The molecule has 0 atom stereocenters. The molecule has 0 saturated heterocycles. The summed E-state index contributed by atoms with van der Waals surface area (Å²) in [6.07, 6.45) is 7.28. The molecule has 19 rings (SSSR count). The molecule has 0 aliphatic heterocycles. The van der Waals surface area contributed by atoms with Crippen LogP contribution in [0.5, 0.6) is 0 Å². The van der Waals surface area contributed by atoms with Crippen LogP contribution in [0.4, 0.5) is 0 Å². The molecule has 19 aromatic rings. The summed E-state index contributed by atoms with van der Waals surface area (Å²) in [7, 11) is 0. The van der Waals surface area contributed by atoms with E-state index in [0.29, 0.717) is 0 Å². The largest absolute Gasteiger partial charge is 0.254 e. The topological polar surface area (TPSA) is 103 Å². The van der Waals surface area contributed by atoms with E-state index in [1.165, 1.54) is 32.3 Å². The van der Waals surface area contributed by atoms with Crippen molar-refractivity contribution in [3.63, 3.8) is 0 Å². The quantitative estimate of drug-likeness (QED) is 0.152. The molecule has 0 bridgehead atoms. The first-order valence-corrected chi connectivity index (χ1v) is 30.8. The average Bonchev–Trinajstić information content (AvgIpc) is 0.850. The first-order chi connectivity index (χ1) is 45.5. The molecule has 8 aromatic heterocycles. The van der Waals surface area contributed by atoms with Crippen LogP contribution in [0, 0.1) is 0 Å². The molecular weight excluding hydrogens is 1120 g/mol. The molecule has 0 radical (unpaired) electrons. The first-order valence-electron chi connectivity index (χ1n) is 30.8. The van der Waals surface area contributed by atoms with Gasteiger partial charge in [0.1, 0.15) is 0 Å². The molecule has 92 heavy (non-hydrogen) atoms. The summed E-state index contributed by atoms with van der Waals surface area (Å²) in [5.41, 5.74) is 20.3. The van der Waals surface area contributed by atoms with Crippen LogP contribution in [0.3, 0.4) is 0 Å². The van der Waals surface area contributed by atoms with Gasteiger partial charge in [-0.1, -0.05) is 158 Å². The van der Waals surface area contributed by atoms with Crippen LogP contribution in [0.25, 0.3) is 187 Å². The molecule has 0 N–H and O–H groups in total. The van der Waals surface area contributed by atoms with Crippen molar-refractivity contribution in [2.45, 2.75) is 0 Å². The van der Waals surface area contributed by atoms with Gasteiger partial charge in [0.25, 0.3) is 0 Å². The second-order valence-electron chi connectivity index (χ2n) is 23.5. The van der Waals surface area contributed by atoms with Crippen molar-refractivity contribution in [1.82, 2.24) is 39.9 Å². The smallest absolute Gasteiger partial charge is 0.0971 e. The molecule has 0 aliphatic carbocycles. The van der Waals surface area contributed by atoms with Gasteiger partial charge in [0, 0.05) is 90.1 Å². The summed E-state index contributed by atoms with van der Waals surface area (Å²) in [5, 5.41) is 16.1. The number of aromatic nitrogens is 8. The predicted octanol–water partition coefficient (Wildman–Crippen LogP) is 21.2. The van der Waals surface area contributed by atoms with Gasteiger partial charge in [-0.15, -0.1) is 0 Å². The number of pyridine rings is 8. The number of rotatable bonds is 6. The van der Waals surface area contributed by atoms with E-state index < -0.39 is 0 Å². The molecule has 0 saturated carbocycles. The Labute approximate surface area is 527 Å². The van der Waals surface area contributed by atoms with Crippen molar-refractivity contribution in [2.24, 2.45) is 0 Å². The Morgan fingerprint density at radius 3 is 1.00 bits per heavy atom. The molecule has 8 heteroatoms. The van der Waals surface area contributed by atoms with E-state index in [9.17, 15) is 0 Å². The standard InChI is InChI=1S/C44H26N4.C40H24N4/c1-2-9-33-29(7-1)25-37(35-11-4-3-10-34(33)35)41-19-15-30-23-27(13-17-39(30)47-41)28-14-18-40-31(24-28)16-20-42(48-40)38-26-32-8-5-21-45-43(32)44-36(38)12-6-22-46-44;1-2-6-26-21-29(10-9-25(26)5-1)36-17-13-30-22-27(11-15-35(30)43-36)28-12-16-37-31(23-28)14-18-38(44-37)34-24-32-7-3-19-41-39(32)40-33(34)8-4-20-42-40/h1-26H;1-24H. The van der Waals surface area contributed by atoms with Crippen molar-refractivity contribution in [2.75, 3.05) is 0 Å². The molecule has 0 unspecified atom stereocenters. The van der Waals surface area contributed by atoms with Crippen LogP contribution in [0.2, 0.25) is 0 Å². The first kappa shape index (κ1) is 52.6. The van der Waals surface area contributed by atoms with Crippen molar-refractivity contribution in [1.29, 1.82) is 0 Å². The maximum Gasteiger partial charge on any atom is 0.0971 e. The third-order valence-corrected chi connectivity index (χ3v) is 18.0. The van der Waals surface area contributed by atoms with E-state index in [4.69, 9.17) is 19.9 Å². The zero-order valence-corrected chi connectivity index (χ0v) is 49.4. The van der Waals surface area contributed by atoms with Gasteiger partial charge in [-0.2, -0.15) is 0 Å². The van der Waals surface area contributed by atoms with Crippen LogP contribution in [-0.2, 0) is 0 Å². The highest BCUT2D eigenvalue weighted by molar-refractivity contribution is 6.15. The fourth-order valence-corrected chi connectivity index (χ4v) is 13.4. The number of hydrogen-bond acceptors (Lipinski definition) is 8. The molecule has 0 spiro atoms. The van der Waals surface area contributed by atoms with Crippen molar-refractivity contribution in [3.05, 3.63) is 304 Å². The Hall–Kier alpha value is -12.5. The normalized spacial score (nSPS) is 11.7. The van der Waals surface area contributed by atoms with Gasteiger partial charge < -0.3 is 0 Å². The van der Waals surface area contributed by atoms with Crippen molar-refractivity contribution >= 4 is 120 Å². The summed E-state index contributed by atoms with van der Waals surface area (Å²) in [5.74, 6) is 0. The Kier molecular flexibility index (Phi) is 12.4. The highest BCUT2D eigenvalue weighted by Gasteiger charge is 2.17. The molecule has 8 heterocycles. The Morgan fingerprint density at radius 2 is 0.500 bits per heavy atom. The summed E-state index contributed by atoms with van der Waals surface area (Å²) in [6, 6.07) is 98.2. The summed E-state index contributed by atoms with van der Waals surface area (Å²) >= 11 is 0. The van der Waals surface area contributed by atoms with Gasteiger partial charge in [0.2, 0.25) is 0 Å². The highest BCUT2D eigenvalue weighted by atomic mass is 14.8. The SMILES string of the molecule is c1ccc2c(c1)cc(-c1ccc3cc(-c4ccc5nc(-c6cc7cccnc7c7ncccc67)ccc5c4)ccc3n1)c1ccccc12.c1ccc2cc(-c3ccc4cc(-c5ccc6nc(-c7cc8cccnc8c8ncccc78)ccc6c5)ccc4n3)ccc2c1. The van der Waals surface area contributed by atoms with E-state index in [-0.39, 0.29) is 0 Å². The fourth-order valence-electron chi connectivity index (χ4n) is 13.4. The molecule has 8 nitrogen and oxygen atoms in total. The zero-order valence-electron chi connectivity index (χ0n) is 49.4. The molecule has 0 aliphatic rings. The third-order valence-electron chi connectivity index (χ3n) is 18.0. The average molecular weight is 1170 g/mol. The zero-order chi connectivity index (χ0) is 60.6. The summed E-state index contributed by atoms with van der Waals surface area (Å²) in [4.78, 5) is 38.9. The van der Waals surface area contributed by atoms with E-state index in [2.05, 4.69) is 275 Å². The Balaban J connectivity index is 0.000000136. The minimum absolute atomic E-state index is 0.895. The molecule has 0 fully saturated rings. The van der Waals surface area contributed by atoms with E-state index >= 15 is 0 Å². The lowest BCUT2D eigenvalue weighted by Crippen LogP contribution is -1.91. The van der Waals surface area contributed by atoms with Gasteiger partial charge >= 0.3 is 0 Å². The monoisotopic (exact) mass is 1170 g/mol. The van der Waals surface area contributed by atoms with E-state index in [0.717, 1.165) is 155 Å². The number of benzene rings is 11. The van der Waals surface area contributed by atoms with Gasteiger partial charge in [-0.3, -0.25) is 19.9 Å². The van der Waals surface area contributed by atoms with Crippen molar-refractivity contribution in [3.8, 4) is 67.3 Å². The number of nitrogens with zero attached hydrogens (tertiary/aromatic N) is 8. The lowest BCUT2D eigenvalue weighted by molar-refractivity contribution is 1.36. The van der Waals surface area contributed by atoms with Crippen molar-refractivity contribution < 1.29 is 0 Å². The van der Waals surface area contributed by atoms with Gasteiger partial charge in [-0.25, -0.2) is 19.9 Å². The molecular formula is C84H50N8. The van der Waals surface area contributed by atoms with Gasteiger partial charge in [0.05, 0.1) is 66.9 Å². The fraction of sp³-hybridized carbons (Fsp3) is 0. The van der Waals surface area contributed by atoms with Crippen LogP contribution >= 0.6 is 0 Å². The lowest BCUT2D eigenvalue weighted by Gasteiger charge is -2.12. The van der Waals surface area contributed by atoms with Crippen LogP contribution in [0.15, 0.2) is 304 Å². The Morgan fingerprint density at radius 1 is 0.174 bits per heavy atom. The maximum atomic E-state index is 5.15. The Bertz CT molecular complexity index is 6040. The molecule has 0 amide bonds. The third kappa shape index (κ3) is 9.24. The molecule has 426 valence electrons. The second-order valence-corrected chi connectivity index (χ2v) is 23.5. The highest BCUT2D eigenvalue weighted by Crippen LogP contribution is 2.39. The number of fused-ring (bicyclic) bond motifs is 14. The van der Waals surface area contributed by atoms with Gasteiger partial charge in [0.15, 0.2) is 0 Å². The molecule has 11 aromatic carbocycles. The van der Waals surface area contributed by atoms with Crippen LogP contribution in [0.1, 0.15) is 0 Å².